The maximum atomic E-state index is 12.7. The van der Waals surface area contributed by atoms with Crippen molar-refractivity contribution in [3.05, 3.63) is 82.8 Å². The third kappa shape index (κ3) is 4.93. The van der Waals surface area contributed by atoms with Crippen LogP contribution in [0.15, 0.2) is 63.9 Å². The van der Waals surface area contributed by atoms with E-state index in [1.54, 1.807) is 36.4 Å². The summed E-state index contributed by atoms with van der Waals surface area (Å²) in [6.07, 6.45) is 0. The number of carbonyl (C=O) groups excluding carboxylic acids is 1. The molecule has 0 fully saturated rings. The van der Waals surface area contributed by atoms with Crippen molar-refractivity contribution in [3.8, 4) is 0 Å². The highest BCUT2D eigenvalue weighted by Gasteiger charge is 2.22. The van der Waals surface area contributed by atoms with Crippen LogP contribution in [0.1, 0.15) is 33.0 Å². The molecule has 1 heterocycles. The van der Waals surface area contributed by atoms with Crippen molar-refractivity contribution in [3.63, 3.8) is 0 Å². The first kappa shape index (κ1) is 20.8. The van der Waals surface area contributed by atoms with Crippen molar-refractivity contribution < 1.29 is 17.6 Å². The zero-order valence-corrected chi connectivity index (χ0v) is 17.7. The maximum Gasteiger partial charge on any atom is 0.291 e. The molecule has 2 aromatic carbocycles. The van der Waals surface area contributed by atoms with E-state index >= 15 is 0 Å². The first-order chi connectivity index (χ1) is 13.6. The van der Waals surface area contributed by atoms with Gasteiger partial charge in [-0.2, -0.15) is 4.31 Å². The summed E-state index contributed by atoms with van der Waals surface area (Å²) in [6, 6.07) is 15.6. The highest BCUT2D eigenvalue weighted by molar-refractivity contribution is 7.89. The van der Waals surface area contributed by atoms with Crippen LogP contribution in [0, 0.1) is 20.8 Å². The Labute approximate surface area is 171 Å². The van der Waals surface area contributed by atoms with Gasteiger partial charge in [-0.1, -0.05) is 23.8 Å². The molecule has 0 saturated heterocycles. The van der Waals surface area contributed by atoms with Gasteiger partial charge in [0.1, 0.15) is 5.76 Å². The Kier molecular flexibility index (Phi) is 5.91. The maximum absolute atomic E-state index is 12.7. The Bertz CT molecular complexity index is 1110. The number of anilines is 1. The second-order valence-electron chi connectivity index (χ2n) is 7.17. The summed E-state index contributed by atoms with van der Waals surface area (Å²) in [5.41, 5.74) is 3.76. The topological polar surface area (TPSA) is 79.6 Å². The Morgan fingerprint density at radius 2 is 1.55 bits per heavy atom. The van der Waals surface area contributed by atoms with Crippen LogP contribution in [0.2, 0.25) is 0 Å². The van der Waals surface area contributed by atoms with E-state index in [0.717, 1.165) is 16.7 Å². The van der Waals surface area contributed by atoms with E-state index < -0.39 is 10.0 Å². The molecule has 1 aromatic heterocycles. The highest BCUT2D eigenvalue weighted by Crippen LogP contribution is 2.20. The van der Waals surface area contributed by atoms with E-state index in [4.69, 9.17) is 4.42 Å². The van der Waals surface area contributed by atoms with Crippen molar-refractivity contribution in [1.29, 1.82) is 0 Å². The van der Waals surface area contributed by atoms with Crippen molar-refractivity contribution in [2.75, 3.05) is 12.4 Å². The first-order valence-corrected chi connectivity index (χ1v) is 10.6. The second kappa shape index (κ2) is 8.23. The molecule has 0 spiro atoms. The van der Waals surface area contributed by atoms with Gasteiger partial charge in [0.2, 0.25) is 10.0 Å². The molecule has 6 nitrogen and oxygen atoms in total. The SMILES string of the molecule is Cc1ccc(S(=O)(=O)N(C)Cc2ccc(C(=O)Nc3cc(C)cc(C)c3)o2)cc1. The minimum atomic E-state index is -3.65. The standard InChI is InChI=1S/C22H24N2O4S/c1-15-5-8-20(9-6-15)29(26,27)24(4)14-19-7-10-21(28-19)22(25)23-18-12-16(2)11-17(3)13-18/h5-13H,14H2,1-4H3,(H,23,25). The molecule has 7 heteroatoms. The molecule has 0 atom stereocenters. The first-order valence-electron chi connectivity index (χ1n) is 9.16. The van der Waals surface area contributed by atoms with E-state index in [2.05, 4.69) is 5.32 Å². The number of nitrogens with one attached hydrogen (secondary N) is 1. The van der Waals surface area contributed by atoms with E-state index in [1.165, 1.54) is 11.4 Å². The zero-order chi connectivity index (χ0) is 21.2. The summed E-state index contributed by atoms with van der Waals surface area (Å²) in [5.74, 6) is 0.124. The number of aryl methyl sites for hydroxylation is 3. The van der Waals surface area contributed by atoms with Gasteiger partial charge >= 0.3 is 0 Å². The van der Waals surface area contributed by atoms with Crippen LogP contribution in [-0.4, -0.2) is 25.7 Å². The summed E-state index contributed by atoms with van der Waals surface area (Å²) < 4.78 is 32.2. The van der Waals surface area contributed by atoms with Crippen molar-refractivity contribution >= 4 is 21.6 Å². The monoisotopic (exact) mass is 412 g/mol. The largest absolute Gasteiger partial charge is 0.455 e. The Morgan fingerprint density at radius 3 is 2.17 bits per heavy atom. The summed E-state index contributed by atoms with van der Waals surface area (Å²) in [7, 11) is -2.17. The lowest BCUT2D eigenvalue weighted by molar-refractivity contribution is 0.0994. The third-order valence-corrected chi connectivity index (χ3v) is 6.29. The quantitative estimate of drug-likeness (QED) is 0.655. The van der Waals surface area contributed by atoms with Gasteiger partial charge < -0.3 is 9.73 Å². The number of sulfonamides is 1. The predicted molar refractivity (Wildman–Crippen MR) is 112 cm³/mol. The molecule has 0 unspecified atom stereocenters. The molecule has 152 valence electrons. The molecule has 1 N–H and O–H groups in total. The summed E-state index contributed by atoms with van der Waals surface area (Å²) in [5, 5.41) is 2.80. The summed E-state index contributed by atoms with van der Waals surface area (Å²) in [4.78, 5) is 12.7. The van der Waals surface area contributed by atoms with Crippen LogP contribution in [0.3, 0.4) is 0 Å². The minimum Gasteiger partial charge on any atom is -0.455 e. The summed E-state index contributed by atoms with van der Waals surface area (Å²) >= 11 is 0. The van der Waals surface area contributed by atoms with Crippen molar-refractivity contribution in [2.24, 2.45) is 0 Å². The number of carbonyl (C=O) groups is 1. The molecule has 0 aliphatic heterocycles. The van der Waals surface area contributed by atoms with Gasteiger partial charge in [0, 0.05) is 12.7 Å². The molecular formula is C22H24N2O4S. The molecule has 0 saturated carbocycles. The van der Waals surface area contributed by atoms with Crippen molar-refractivity contribution in [1.82, 2.24) is 4.31 Å². The molecule has 29 heavy (non-hydrogen) atoms. The fourth-order valence-corrected chi connectivity index (χ4v) is 4.16. The highest BCUT2D eigenvalue weighted by atomic mass is 32.2. The Balaban J connectivity index is 1.70. The zero-order valence-electron chi connectivity index (χ0n) is 16.9. The van der Waals surface area contributed by atoms with E-state index in [0.29, 0.717) is 11.4 Å². The number of hydrogen-bond donors (Lipinski definition) is 1. The number of nitrogens with zero attached hydrogens (tertiary/aromatic N) is 1. The number of furan rings is 1. The van der Waals surface area contributed by atoms with Gasteiger partial charge in [-0.15, -0.1) is 0 Å². The molecule has 3 rings (SSSR count). The normalized spacial score (nSPS) is 11.6. The van der Waals surface area contributed by atoms with E-state index in [1.807, 2.05) is 39.0 Å². The van der Waals surface area contributed by atoms with Crippen LogP contribution in [-0.2, 0) is 16.6 Å². The minimum absolute atomic E-state index is 0.0209. The smallest absolute Gasteiger partial charge is 0.291 e. The average molecular weight is 413 g/mol. The van der Waals surface area contributed by atoms with Crippen molar-refractivity contribution in [2.45, 2.75) is 32.2 Å². The van der Waals surface area contributed by atoms with Gasteiger partial charge in [-0.05, 0) is 68.3 Å². The molecule has 0 aliphatic rings. The lowest BCUT2D eigenvalue weighted by Gasteiger charge is -2.16. The third-order valence-electron chi connectivity index (χ3n) is 4.47. The van der Waals surface area contributed by atoms with E-state index in [-0.39, 0.29) is 23.1 Å². The van der Waals surface area contributed by atoms with Gasteiger partial charge in [0.25, 0.3) is 5.91 Å². The van der Waals surface area contributed by atoms with Crippen LogP contribution in [0.25, 0.3) is 0 Å². The molecule has 0 radical (unpaired) electrons. The lowest BCUT2D eigenvalue weighted by atomic mass is 10.1. The predicted octanol–water partition coefficient (Wildman–Crippen LogP) is 4.28. The number of benzene rings is 2. The molecule has 3 aromatic rings. The molecule has 0 aliphatic carbocycles. The molecule has 1 amide bonds. The fraction of sp³-hybridized carbons (Fsp3) is 0.227. The summed E-state index contributed by atoms with van der Waals surface area (Å²) in [6.45, 7) is 5.83. The number of hydrogen-bond acceptors (Lipinski definition) is 4. The number of rotatable bonds is 6. The molecule has 0 bridgehead atoms. The van der Waals surface area contributed by atoms with Crippen LogP contribution in [0.4, 0.5) is 5.69 Å². The Morgan fingerprint density at radius 1 is 0.931 bits per heavy atom. The second-order valence-corrected chi connectivity index (χ2v) is 9.22. The molecular weight excluding hydrogens is 388 g/mol. The van der Waals surface area contributed by atoms with Crippen LogP contribution < -0.4 is 5.32 Å². The van der Waals surface area contributed by atoms with Crippen LogP contribution in [0.5, 0.6) is 0 Å². The van der Waals surface area contributed by atoms with E-state index in [9.17, 15) is 13.2 Å². The Hall–Kier alpha value is -2.90. The van der Waals surface area contributed by atoms with Gasteiger partial charge in [-0.25, -0.2) is 8.42 Å². The van der Waals surface area contributed by atoms with Gasteiger partial charge in [0.15, 0.2) is 5.76 Å². The van der Waals surface area contributed by atoms with Crippen LogP contribution >= 0.6 is 0 Å². The fourth-order valence-electron chi connectivity index (χ4n) is 3.02. The van der Waals surface area contributed by atoms with Gasteiger partial charge in [0.05, 0.1) is 11.4 Å². The lowest BCUT2D eigenvalue weighted by Crippen LogP contribution is -2.26. The average Bonchev–Trinajstić information content (AvgIpc) is 3.10. The number of amides is 1. The van der Waals surface area contributed by atoms with Gasteiger partial charge in [-0.3, -0.25) is 4.79 Å².